The van der Waals surface area contributed by atoms with E-state index in [4.69, 9.17) is 4.42 Å². The highest BCUT2D eigenvalue weighted by molar-refractivity contribution is 9.10. The zero-order chi connectivity index (χ0) is 13.1. The number of rotatable bonds is 5. The molecule has 0 fully saturated rings. The Bertz CT molecular complexity index is 518. The fourth-order valence-electron chi connectivity index (χ4n) is 2.10. The van der Waals surface area contributed by atoms with Crippen LogP contribution in [0.25, 0.3) is 0 Å². The monoisotopic (exact) mass is 311 g/mol. The first-order valence-corrected chi connectivity index (χ1v) is 6.96. The van der Waals surface area contributed by atoms with E-state index < -0.39 is 0 Å². The van der Waals surface area contributed by atoms with Gasteiger partial charge in [0, 0.05) is 12.1 Å². The lowest BCUT2D eigenvalue weighted by molar-refractivity contribution is 0.513. The van der Waals surface area contributed by atoms with E-state index >= 15 is 0 Å². The molecule has 0 amide bonds. The summed E-state index contributed by atoms with van der Waals surface area (Å²) in [5.74, 6) is 0.923. The number of aromatic nitrogens is 2. The molecule has 1 atom stereocenters. The summed E-state index contributed by atoms with van der Waals surface area (Å²) in [4.78, 5) is 0. The van der Waals surface area contributed by atoms with Crippen molar-refractivity contribution in [1.29, 1.82) is 0 Å². The van der Waals surface area contributed by atoms with Crippen molar-refractivity contribution in [1.82, 2.24) is 15.1 Å². The van der Waals surface area contributed by atoms with Gasteiger partial charge in [0.25, 0.3) is 0 Å². The summed E-state index contributed by atoms with van der Waals surface area (Å²) in [5, 5.41) is 7.85. The molecule has 1 N–H and O–H groups in total. The maximum Gasteiger partial charge on any atom is 0.101 e. The number of halogens is 1. The van der Waals surface area contributed by atoms with Gasteiger partial charge in [-0.2, -0.15) is 5.10 Å². The van der Waals surface area contributed by atoms with Gasteiger partial charge in [-0.05, 0) is 42.4 Å². The Morgan fingerprint density at radius 2 is 2.28 bits per heavy atom. The van der Waals surface area contributed by atoms with Gasteiger partial charge in [0.05, 0.1) is 28.7 Å². The summed E-state index contributed by atoms with van der Waals surface area (Å²) >= 11 is 3.58. The van der Waals surface area contributed by atoms with E-state index in [1.165, 1.54) is 0 Å². The highest BCUT2D eigenvalue weighted by Gasteiger charge is 2.22. The quantitative estimate of drug-likeness (QED) is 0.921. The lowest BCUT2D eigenvalue weighted by Gasteiger charge is -2.18. The summed E-state index contributed by atoms with van der Waals surface area (Å²) in [6.07, 6.45) is 3.65. The molecule has 98 valence electrons. The molecule has 0 aliphatic rings. The number of furan rings is 1. The fraction of sp³-hybridized carbons (Fsp3) is 0.462. The van der Waals surface area contributed by atoms with Crippen molar-refractivity contribution in [3.05, 3.63) is 40.0 Å². The van der Waals surface area contributed by atoms with Crippen molar-refractivity contribution < 1.29 is 4.42 Å². The summed E-state index contributed by atoms with van der Waals surface area (Å²) < 4.78 is 8.44. The largest absolute Gasteiger partial charge is 0.469 e. The van der Waals surface area contributed by atoms with Crippen LogP contribution in [-0.2, 0) is 6.54 Å². The molecule has 1 unspecified atom stereocenters. The molecular formula is C13H18BrN3O. The Hall–Kier alpha value is -1.07. The molecule has 0 aliphatic heterocycles. The Kier molecular flexibility index (Phi) is 4.24. The van der Waals surface area contributed by atoms with Gasteiger partial charge in [0.1, 0.15) is 5.76 Å². The van der Waals surface area contributed by atoms with Crippen LogP contribution in [-0.4, -0.2) is 16.3 Å². The third-order valence-corrected chi connectivity index (χ3v) is 3.51. The van der Waals surface area contributed by atoms with Gasteiger partial charge in [-0.15, -0.1) is 0 Å². The van der Waals surface area contributed by atoms with Crippen LogP contribution >= 0.6 is 15.9 Å². The summed E-state index contributed by atoms with van der Waals surface area (Å²) in [7, 11) is 0. The van der Waals surface area contributed by atoms with Gasteiger partial charge in [0.2, 0.25) is 0 Å². The molecule has 2 heterocycles. The number of hydrogen-bond donors (Lipinski definition) is 1. The summed E-state index contributed by atoms with van der Waals surface area (Å²) in [6, 6.07) is 2.16. The normalized spacial score (nSPS) is 12.9. The zero-order valence-electron chi connectivity index (χ0n) is 10.9. The van der Waals surface area contributed by atoms with Crippen LogP contribution in [0.1, 0.15) is 36.9 Å². The van der Waals surface area contributed by atoms with Crippen LogP contribution in [0.3, 0.4) is 0 Å². The second-order valence-corrected chi connectivity index (χ2v) is 5.03. The molecule has 0 spiro atoms. The van der Waals surface area contributed by atoms with Crippen LogP contribution < -0.4 is 5.32 Å². The van der Waals surface area contributed by atoms with Gasteiger partial charge >= 0.3 is 0 Å². The van der Waals surface area contributed by atoms with Crippen molar-refractivity contribution >= 4 is 15.9 Å². The van der Waals surface area contributed by atoms with E-state index in [1.54, 1.807) is 0 Å². The van der Waals surface area contributed by atoms with Gasteiger partial charge in [-0.3, -0.25) is 4.68 Å². The Labute approximate surface area is 115 Å². The van der Waals surface area contributed by atoms with E-state index in [-0.39, 0.29) is 6.04 Å². The molecule has 18 heavy (non-hydrogen) atoms. The molecule has 0 bridgehead atoms. The van der Waals surface area contributed by atoms with Gasteiger partial charge < -0.3 is 9.73 Å². The first-order chi connectivity index (χ1) is 8.67. The standard InChI is InChI=1S/C13H18BrN3O/c1-4-15-12(10-6-9(3)18-8-10)13-11(14)7-16-17(13)5-2/h6-8,12,15H,4-5H2,1-3H3. The van der Waals surface area contributed by atoms with Crippen molar-refractivity contribution in [2.24, 2.45) is 0 Å². The SMILES string of the molecule is CCNC(c1coc(C)c1)c1c(Br)cnn1CC. The summed E-state index contributed by atoms with van der Waals surface area (Å²) in [6.45, 7) is 7.88. The lowest BCUT2D eigenvalue weighted by Crippen LogP contribution is -2.24. The summed E-state index contributed by atoms with van der Waals surface area (Å²) in [5.41, 5.74) is 2.27. The maximum atomic E-state index is 5.42. The second-order valence-electron chi connectivity index (χ2n) is 4.17. The lowest BCUT2D eigenvalue weighted by atomic mass is 10.1. The third kappa shape index (κ3) is 2.52. The molecule has 2 rings (SSSR count). The minimum atomic E-state index is 0.101. The molecule has 5 heteroatoms. The smallest absolute Gasteiger partial charge is 0.101 e. The first kappa shape index (κ1) is 13.4. The molecule has 0 aromatic carbocycles. The van der Waals surface area contributed by atoms with Crippen LogP contribution in [0.2, 0.25) is 0 Å². The van der Waals surface area contributed by atoms with Crippen molar-refractivity contribution in [2.75, 3.05) is 6.54 Å². The molecule has 4 nitrogen and oxygen atoms in total. The highest BCUT2D eigenvalue weighted by atomic mass is 79.9. The van der Waals surface area contributed by atoms with Crippen molar-refractivity contribution in [3.8, 4) is 0 Å². The van der Waals surface area contributed by atoms with E-state index in [2.05, 4.69) is 46.3 Å². The van der Waals surface area contributed by atoms with E-state index in [9.17, 15) is 0 Å². The average molecular weight is 312 g/mol. The molecule has 0 aliphatic carbocycles. The predicted octanol–water partition coefficient (Wildman–Crippen LogP) is 3.27. The number of nitrogens with zero attached hydrogens (tertiary/aromatic N) is 2. The van der Waals surface area contributed by atoms with Crippen LogP contribution in [0.15, 0.2) is 27.4 Å². The number of hydrogen-bond acceptors (Lipinski definition) is 3. The van der Waals surface area contributed by atoms with Crippen molar-refractivity contribution in [3.63, 3.8) is 0 Å². The Balaban J connectivity index is 2.43. The fourth-order valence-corrected chi connectivity index (χ4v) is 2.63. The molecular weight excluding hydrogens is 294 g/mol. The Morgan fingerprint density at radius 1 is 1.50 bits per heavy atom. The second kappa shape index (κ2) is 5.71. The van der Waals surface area contributed by atoms with Gasteiger partial charge in [-0.1, -0.05) is 6.92 Å². The van der Waals surface area contributed by atoms with Crippen LogP contribution in [0.5, 0.6) is 0 Å². The molecule has 2 aromatic rings. The van der Waals surface area contributed by atoms with E-state index in [1.807, 2.05) is 24.1 Å². The molecule has 0 radical (unpaired) electrons. The first-order valence-electron chi connectivity index (χ1n) is 6.17. The zero-order valence-corrected chi connectivity index (χ0v) is 12.5. The Morgan fingerprint density at radius 3 is 2.83 bits per heavy atom. The highest BCUT2D eigenvalue weighted by Crippen LogP contribution is 2.29. The topological polar surface area (TPSA) is 43.0 Å². The minimum absolute atomic E-state index is 0.101. The number of aryl methyl sites for hydroxylation is 2. The predicted molar refractivity (Wildman–Crippen MR) is 74.6 cm³/mol. The molecule has 0 saturated carbocycles. The van der Waals surface area contributed by atoms with E-state index in [0.717, 1.165) is 34.6 Å². The average Bonchev–Trinajstić information content (AvgIpc) is 2.93. The van der Waals surface area contributed by atoms with Gasteiger partial charge in [-0.25, -0.2) is 0 Å². The van der Waals surface area contributed by atoms with Crippen LogP contribution in [0, 0.1) is 6.92 Å². The number of nitrogens with one attached hydrogen (secondary N) is 1. The third-order valence-electron chi connectivity index (χ3n) is 2.90. The van der Waals surface area contributed by atoms with Gasteiger partial charge in [0.15, 0.2) is 0 Å². The van der Waals surface area contributed by atoms with Crippen LogP contribution in [0.4, 0.5) is 0 Å². The minimum Gasteiger partial charge on any atom is -0.469 e. The molecule has 0 saturated heterocycles. The van der Waals surface area contributed by atoms with Crippen molar-refractivity contribution in [2.45, 2.75) is 33.4 Å². The molecule has 2 aromatic heterocycles. The van der Waals surface area contributed by atoms with E-state index in [0.29, 0.717) is 0 Å². The maximum absolute atomic E-state index is 5.42.